The van der Waals surface area contributed by atoms with Crippen molar-refractivity contribution in [3.8, 4) is 0 Å². The van der Waals surface area contributed by atoms with Crippen LogP contribution in [0.1, 0.15) is 25.7 Å². The molecule has 0 bridgehead atoms. The van der Waals surface area contributed by atoms with E-state index in [4.69, 9.17) is 11.6 Å². The molecule has 0 aromatic rings. The van der Waals surface area contributed by atoms with Gasteiger partial charge >= 0.3 is 0 Å². The quantitative estimate of drug-likeness (QED) is 0.614. The maximum absolute atomic E-state index is 5.83. The topological polar surface area (TPSA) is 3.24 Å². The summed E-state index contributed by atoms with van der Waals surface area (Å²) < 4.78 is 0. The predicted octanol–water partition coefficient (Wildman–Crippen LogP) is 2.35. The van der Waals surface area contributed by atoms with E-state index in [1.54, 1.807) is 0 Å². The first-order valence-corrected chi connectivity index (χ1v) is 5.70. The van der Waals surface area contributed by atoms with Gasteiger partial charge in [-0.1, -0.05) is 6.42 Å². The third-order valence-corrected chi connectivity index (χ3v) is 3.77. The molecular weight excluding hydrogens is 170 g/mol. The molecule has 70 valence electrons. The molecule has 1 atom stereocenters. The second-order valence-corrected chi connectivity index (χ2v) is 4.67. The van der Waals surface area contributed by atoms with Crippen molar-refractivity contribution >= 4 is 11.6 Å². The average molecular weight is 188 g/mol. The Morgan fingerprint density at radius 1 is 1.17 bits per heavy atom. The molecule has 1 saturated carbocycles. The second-order valence-electron chi connectivity index (χ2n) is 4.37. The number of halogens is 1. The number of nitrogens with zero attached hydrogens (tertiary/aromatic N) is 1. The van der Waals surface area contributed by atoms with Crippen LogP contribution < -0.4 is 0 Å². The molecule has 0 amide bonds. The van der Waals surface area contributed by atoms with E-state index in [1.807, 2.05) is 0 Å². The van der Waals surface area contributed by atoms with Crippen LogP contribution in [-0.2, 0) is 0 Å². The van der Waals surface area contributed by atoms with Crippen molar-refractivity contribution in [2.45, 2.75) is 25.7 Å². The van der Waals surface area contributed by atoms with Gasteiger partial charge in [0.1, 0.15) is 0 Å². The maximum Gasteiger partial charge on any atom is 0.0264 e. The third kappa shape index (κ3) is 1.94. The molecule has 1 unspecified atom stereocenters. The van der Waals surface area contributed by atoms with Crippen LogP contribution in [0.15, 0.2) is 0 Å². The van der Waals surface area contributed by atoms with Gasteiger partial charge in [-0.2, -0.15) is 0 Å². The van der Waals surface area contributed by atoms with Crippen molar-refractivity contribution in [1.82, 2.24) is 4.90 Å². The largest absolute Gasteiger partial charge is 0.303 e. The molecule has 0 aromatic carbocycles. The van der Waals surface area contributed by atoms with Gasteiger partial charge < -0.3 is 4.90 Å². The number of rotatable bonds is 3. The molecule has 0 aromatic heterocycles. The highest BCUT2D eigenvalue weighted by molar-refractivity contribution is 6.18. The highest BCUT2D eigenvalue weighted by Crippen LogP contribution is 2.29. The first-order chi connectivity index (χ1) is 5.88. The Morgan fingerprint density at radius 2 is 2.00 bits per heavy atom. The highest BCUT2D eigenvalue weighted by atomic mass is 35.5. The molecule has 2 fully saturated rings. The van der Waals surface area contributed by atoms with Gasteiger partial charge in [-0.05, 0) is 37.6 Å². The minimum atomic E-state index is 0.784. The molecule has 2 rings (SSSR count). The fraction of sp³-hybridized carbons (Fsp3) is 1.00. The van der Waals surface area contributed by atoms with Gasteiger partial charge in [-0.25, -0.2) is 0 Å². The van der Waals surface area contributed by atoms with Gasteiger partial charge in [-0.3, -0.25) is 0 Å². The number of hydrogen-bond acceptors (Lipinski definition) is 1. The van der Waals surface area contributed by atoms with E-state index in [-0.39, 0.29) is 0 Å². The summed E-state index contributed by atoms with van der Waals surface area (Å²) in [5.41, 5.74) is 0. The Kier molecular flexibility index (Phi) is 2.92. The number of likely N-dealkylation sites (tertiary alicyclic amines) is 1. The predicted molar refractivity (Wildman–Crippen MR) is 52.6 cm³/mol. The van der Waals surface area contributed by atoms with Crippen molar-refractivity contribution in [3.05, 3.63) is 0 Å². The molecule has 1 aliphatic carbocycles. The number of hydrogen-bond donors (Lipinski definition) is 0. The normalized spacial score (nSPS) is 32.2. The molecule has 0 N–H and O–H groups in total. The van der Waals surface area contributed by atoms with E-state index >= 15 is 0 Å². The van der Waals surface area contributed by atoms with Crippen molar-refractivity contribution in [1.29, 1.82) is 0 Å². The van der Waals surface area contributed by atoms with E-state index in [0.717, 1.165) is 17.7 Å². The van der Waals surface area contributed by atoms with Crippen LogP contribution in [0.4, 0.5) is 0 Å². The molecule has 2 aliphatic rings. The molecule has 2 heteroatoms. The zero-order valence-corrected chi connectivity index (χ0v) is 8.39. The second kappa shape index (κ2) is 3.97. The Bertz CT molecular complexity index is 145. The van der Waals surface area contributed by atoms with E-state index in [1.165, 1.54) is 45.3 Å². The van der Waals surface area contributed by atoms with Crippen LogP contribution in [0.5, 0.6) is 0 Å². The van der Waals surface area contributed by atoms with Crippen LogP contribution in [0, 0.1) is 11.8 Å². The van der Waals surface area contributed by atoms with Crippen LogP contribution in [0.2, 0.25) is 0 Å². The van der Waals surface area contributed by atoms with Crippen LogP contribution in [-0.4, -0.2) is 30.4 Å². The molecule has 1 aliphatic heterocycles. The van der Waals surface area contributed by atoms with E-state index in [0.29, 0.717) is 0 Å². The Labute approximate surface area is 80.1 Å². The first kappa shape index (κ1) is 8.83. The van der Waals surface area contributed by atoms with Crippen LogP contribution in [0.3, 0.4) is 0 Å². The van der Waals surface area contributed by atoms with Gasteiger partial charge in [-0.15, -0.1) is 11.6 Å². The summed E-state index contributed by atoms with van der Waals surface area (Å²) in [6.07, 6.45) is 5.75. The standard InChI is InChI=1S/C10H18ClN/c11-6-10-4-5-12(8-10)7-9-2-1-3-9/h9-10H,1-8H2. The first-order valence-electron chi connectivity index (χ1n) is 5.17. The molecule has 1 nitrogen and oxygen atoms in total. The van der Waals surface area contributed by atoms with Crippen molar-refractivity contribution < 1.29 is 0 Å². The summed E-state index contributed by atoms with van der Waals surface area (Å²) in [4.78, 5) is 2.61. The lowest BCUT2D eigenvalue weighted by Gasteiger charge is -2.29. The summed E-state index contributed by atoms with van der Waals surface area (Å²) in [7, 11) is 0. The smallest absolute Gasteiger partial charge is 0.0264 e. The molecule has 1 saturated heterocycles. The summed E-state index contributed by atoms with van der Waals surface area (Å²) in [6.45, 7) is 3.92. The average Bonchev–Trinajstić information content (AvgIpc) is 2.44. The van der Waals surface area contributed by atoms with Gasteiger partial charge in [0.25, 0.3) is 0 Å². The van der Waals surface area contributed by atoms with Crippen LogP contribution in [0.25, 0.3) is 0 Å². The summed E-state index contributed by atoms with van der Waals surface area (Å²) in [5.74, 6) is 2.67. The molecule has 0 spiro atoms. The minimum Gasteiger partial charge on any atom is -0.303 e. The molecule has 0 radical (unpaired) electrons. The third-order valence-electron chi connectivity index (χ3n) is 3.33. The minimum absolute atomic E-state index is 0.784. The van der Waals surface area contributed by atoms with Crippen LogP contribution >= 0.6 is 11.6 Å². The Morgan fingerprint density at radius 3 is 2.50 bits per heavy atom. The Balaban J connectivity index is 1.68. The lowest BCUT2D eigenvalue weighted by atomic mass is 9.85. The maximum atomic E-state index is 5.83. The van der Waals surface area contributed by atoms with Crippen molar-refractivity contribution in [2.75, 3.05) is 25.5 Å². The van der Waals surface area contributed by atoms with Gasteiger partial charge in [0.2, 0.25) is 0 Å². The number of alkyl halides is 1. The van der Waals surface area contributed by atoms with E-state index < -0.39 is 0 Å². The molecule has 1 heterocycles. The molecule has 12 heavy (non-hydrogen) atoms. The zero-order valence-electron chi connectivity index (χ0n) is 7.64. The fourth-order valence-corrected chi connectivity index (χ4v) is 2.50. The monoisotopic (exact) mass is 187 g/mol. The van der Waals surface area contributed by atoms with Crippen molar-refractivity contribution in [3.63, 3.8) is 0 Å². The van der Waals surface area contributed by atoms with Crippen molar-refractivity contribution in [2.24, 2.45) is 11.8 Å². The zero-order chi connectivity index (χ0) is 8.39. The van der Waals surface area contributed by atoms with Gasteiger partial charge in [0, 0.05) is 19.0 Å². The van der Waals surface area contributed by atoms with E-state index in [9.17, 15) is 0 Å². The fourth-order valence-electron chi connectivity index (χ4n) is 2.25. The molecular formula is C10H18ClN. The Hall–Kier alpha value is 0.250. The summed E-state index contributed by atoms with van der Waals surface area (Å²) >= 11 is 5.83. The SMILES string of the molecule is ClCC1CCN(CC2CCC2)C1. The summed E-state index contributed by atoms with van der Waals surface area (Å²) in [5, 5.41) is 0. The van der Waals surface area contributed by atoms with Gasteiger partial charge in [0.05, 0.1) is 0 Å². The summed E-state index contributed by atoms with van der Waals surface area (Å²) in [6, 6.07) is 0. The lowest BCUT2D eigenvalue weighted by Crippen LogP contribution is -2.30. The van der Waals surface area contributed by atoms with E-state index in [2.05, 4.69) is 4.90 Å². The van der Waals surface area contributed by atoms with Gasteiger partial charge in [0.15, 0.2) is 0 Å². The lowest BCUT2D eigenvalue weighted by molar-refractivity contribution is 0.202. The highest BCUT2D eigenvalue weighted by Gasteiger charge is 2.26.